The number of halogens is 1. The molecule has 0 aliphatic rings. The van der Waals surface area contributed by atoms with Gasteiger partial charge in [-0.05, 0) is 51.1 Å². The van der Waals surface area contributed by atoms with Crippen LogP contribution >= 0.6 is 15.9 Å². The molecule has 0 saturated heterocycles. The van der Waals surface area contributed by atoms with Crippen LogP contribution in [0.15, 0.2) is 33.2 Å². The maximum absolute atomic E-state index is 5.64. The van der Waals surface area contributed by atoms with Crippen molar-refractivity contribution >= 4 is 15.9 Å². The van der Waals surface area contributed by atoms with Crippen molar-refractivity contribution in [2.45, 2.75) is 26.8 Å². The van der Waals surface area contributed by atoms with Crippen molar-refractivity contribution in [3.63, 3.8) is 0 Å². The van der Waals surface area contributed by atoms with Crippen molar-refractivity contribution < 1.29 is 4.42 Å². The highest BCUT2D eigenvalue weighted by Gasteiger charge is 2.19. The van der Waals surface area contributed by atoms with Crippen LogP contribution in [0.25, 0.3) is 0 Å². The molecule has 1 N–H and O–H groups in total. The largest absolute Gasteiger partial charge is 0.466 e. The summed E-state index contributed by atoms with van der Waals surface area (Å²) in [7, 11) is 1.98. The minimum absolute atomic E-state index is 0.167. The normalized spacial score (nSPS) is 12.7. The maximum atomic E-state index is 5.64. The first-order valence-corrected chi connectivity index (χ1v) is 6.83. The van der Waals surface area contributed by atoms with Crippen LogP contribution in [0, 0.1) is 20.8 Å². The van der Waals surface area contributed by atoms with Crippen LogP contribution in [0.3, 0.4) is 0 Å². The molecule has 2 nitrogen and oxygen atoms in total. The molecule has 0 amide bonds. The van der Waals surface area contributed by atoms with Gasteiger partial charge >= 0.3 is 0 Å². The molecule has 1 aromatic carbocycles. The number of rotatable bonds is 3. The van der Waals surface area contributed by atoms with E-state index in [-0.39, 0.29) is 6.04 Å². The summed E-state index contributed by atoms with van der Waals surface area (Å²) in [5.41, 5.74) is 3.74. The average Bonchev–Trinajstić information content (AvgIpc) is 2.65. The summed E-state index contributed by atoms with van der Waals surface area (Å²) in [5, 5.41) is 3.38. The summed E-state index contributed by atoms with van der Waals surface area (Å²) >= 11 is 3.59. The number of benzene rings is 1. The van der Waals surface area contributed by atoms with E-state index in [4.69, 9.17) is 4.42 Å². The molecular weight excluding hydrogens is 290 g/mol. The van der Waals surface area contributed by atoms with E-state index in [2.05, 4.69) is 52.4 Å². The first kappa shape index (κ1) is 13.4. The van der Waals surface area contributed by atoms with E-state index in [0.717, 1.165) is 16.0 Å². The van der Waals surface area contributed by atoms with Gasteiger partial charge in [-0.1, -0.05) is 28.1 Å². The Balaban J connectivity index is 2.52. The minimum Gasteiger partial charge on any atom is -0.466 e. The quantitative estimate of drug-likeness (QED) is 0.915. The smallest absolute Gasteiger partial charge is 0.106 e. The third kappa shape index (κ3) is 2.38. The van der Waals surface area contributed by atoms with E-state index in [1.54, 1.807) is 0 Å². The number of aryl methyl sites for hydroxylation is 2. The fourth-order valence-corrected chi connectivity index (χ4v) is 2.73. The van der Waals surface area contributed by atoms with Crippen molar-refractivity contribution in [1.29, 1.82) is 0 Å². The maximum Gasteiger partial charge on any atom is 0.106 e. The summed E-state index contributed by atoms with van der Waals surface area (Å²) < 4.78 is 6.77. The molecular formula is C15H18BrNO. The molecule has 0 radical (unpaired) electrons. The molecule has 0 spiro atoms. The molecule has 2 rings (SSSR count). The number of furan rings is 1. The van der Waals surface area contributed by atoms with Crippen molar-refractivity contribution in [2.75, 3.05) is 7.05 Å². The van der Waals surface area contributed by atoms with Gasteiger partial charge in [0.25, 0.3) is 0 Å². The van der Waals surface area contributed by atoms with Crippen LogP contribution in [-0.2, 0) is 0 Å². The van der Waals surface area contributed by atoms with Crippen molar-refractivity contribution in [3.8, 4) is 0 Å². The van der Waals surface area contributed by atoms with Gasteiger partial charge in [0.05, 0.1) is 6.04 Å². The highest BCUT2D eigenvalue weighted by molar-refractivity contribution is 9.10. The lowest BCUT2D eigenvalue weighted by atomic mass is 9.95. The van der Waals surface area contributed by atoms with Gasteiger partial charge in [0.2, 0.25) is 0 Å². The summed E-state index contributed by atoms with van der Waals surface area (Å²) in [6.07, 6.45) is 0. The molecule has 0 aliphatic carbocycles. The Hall–Kier alpha value is -1.06. The topological polar surface area (TPSA) is 25.2 Å². The Labute approximate surface area is 117 Å². The van der Waals surface area contributed by atoms with Gasteiger partial charge in [0.15, 0.2) is 0 Å². The van der Waals surface area contributed by atoms with Gasteiger partial charge in [-0.3, -0.25) is 0 Å². The lowest BCUT2D eigenvalue weighted by molar-refractivity contribution is 0.496. The van der Waals surface area contributed by atoms with E-state index in [9.17, 15) is 0 Å². The zero-order chi connectivity index (χ0) is 13.3. The molecule has 0 bridgehead atoms. The van der Waals surface area contributed by atoms with E-state index >= 15 is 0 Å². The zero-order valence-electron chi connectivity index (χ0n) is 11.2. The summed E-state index contributed by atoms with van der Waals surface area (Å²) in [6.45, 7) is 6.13. The Morgan fingerprint density at radius 3 is 2.44 bits per heavy atom. The van der Waals surface area contributed by atoms with Crippen LogP contribution in [0.4, 0.5) is 0 Å². The molecule has 1 unspecified atom stereocenters. The fourth-order valence-electron chi connectivity index (χ4n) is 2.35. The predicted octanol–water partition coefficient (Wildman–Crippen LogP) is 4.28. The number of nitrogens with one attached hydrogen (secondary N) is 1. The lowest BCUT2D eigenvalue weighted by Crippen LogP contribution is -2.19. The van der Waals surface area contributed by atoms with E-state index < -0.39 is 0 Å². The van der Waals surface area contributed by atoms with Gasteiger partial charge in [-0.2, -0.15) is 0 Å². The number of hydrogen-bond acceptors (Lipinski definition) is 2. The average molecular weight is 308 g/mol. The van der Waals surface area contributed by atoms with Gasteiger partial charge in [-0.25, -0.2) is 0 Å². The highest BCUT2D eigenvalue weighted by atomic mass is 79.9. The van der Waals surface area contributed by atoms with Gasteiger partial charge < -0.3 is 9.73 Å². The van der Waals surface area contributed by atoms with Crippen molar-refractivity contribution in [1.82, 2.24) is 5.32 Å². The summed E-state index contributed by atoms with van der Waals surface area (Å²) in [4.78, 5) is 0. The predicted molar refractivity (Wildman–Crippen MR) is 78.0 cm³/mol. The Morgan fingerprint density at radius 2 is 1.89 bits per heavy atom. The minimum atomic E-state index is 0.167. The molecule has 2 aromatic rings. The van der Waals surface area contributed by atoms with Crippen molar-refractivity contribution in [3.05, 3.63) is 56.9 Å². The summed E-state index contributed by atoms with van der Waals surface area (Å²) in [6, 6.07) is 8.57. The van der Waals surface area contributed by atoms with E-state index in [0.29, 0.717) is 0 Å². The molecule has 96 valence electrons. The summed E-state index contributed by atoms with van der Waals surface area (Å²) in [5.74, 6) is 1.93. The van der Waals surface area contributed by atoms with Crippen LogP contribution in [-0.4, -0.2) is 7.05 Å². The molecule has 1 atom stereocenters. The second kappa shape index (κ2) is 5.29. The van der Waals surface area contributed by atoms with E-state index in [1.807, 2.05) is 20.9 Å². The van der Waals surface area contributed by atoms with Crippen LogP contribution in [0.2, 0.25) is 0 Å². The molecule has 3 heteroatoms. The highest BCUT2D eigenvalue weighted by Crippen LogP contribution is 2.31. The van der Waals surface area contributed by atoms with Crippen LogP contribution < -0.4 is 5.32 Å². The third-order valence-electron chi connectivity index (χ3n) is 3.30. The standard InChI is InChI=1S/C15H18BrNO/c1-9-8-13(11(3)18-9)15(17-4)12-6-5-7-14(16)10(12)2/h5-8,15,17H,1-4H3. The molecule has 18 heavy (non-hydrogen) atoms. The first-order chi connectivity index (χ1) is 8.54. The van der Waals surface area contributed by atoms with Crippen LogP contribution in [0.5, 0.6) is 0 Å². The lowest BCUT2D eigenvalue weighted by Gasteiger charge is -2.19. The second-order valence-corrected chi connectivity index (χ2v) is 5.40. The van der Waals surface area contributed by atoms with Gasteiger partial charge in [-0.15, -0.1) is 0 Å². The molecule has 0 fully saturated rings. The third-order valence-corrected chi connectivity index (χ3v) is 4.16. The SMILES string of the molecule is CNC(c1cc(C)oc1C)c1cccc(Br)c1C. The second-order valence-electron chi connectivity index (χ2n) is 4.54. The van der Waals surface area contributed by atoms with Crippen LogP contribution in [0.1, 0.15) is 34.3 Å². The first-order valence-electron chi connectivity index (χ1n) is 6.03. The Kier molecular flexibility index (Phi) is 3.93. The molecule has 1 heterocycles. The fraction of sp³-hybridized carbons (Fsp3) is 0.333. The van der Waals surface area contributed by atoms with Gasteiger partial charge in [0.1, 0.15) is 11.5 Å². The number of hydrogen-bond donors (Lipinski definition) is 1. The Morgan fingerprint density at radius 1 is 1.17 bits per heavy atom. The molecule has 0 aliphatic heterocycles. The van der Waals surface area contributed by atoms with Crippen molar-refractivity contribution in [2.24, 2.45) is 0 Å². The molecule has 1 aromatic heterocycles. The zero-order valence-corrected chi connectivity index (χ0v) is 12.8. The monoisotopic (exact) mass is 307 g/mol. The van der Waals surface area contributed by atoms with E-state index in [1.165, 1.54) is 16.7 Å². The molecule has 0 saturated carbocycles. The van der Waals surface area contributed by atoms with Gasteiger partial charge in [0, 0.05) is 10.0 Å². The Bertz CT molecular complexity index is 560.